The Balaban J connectivity index is 2.05. The van der Waals surface area contributed by atoms with Crippen LogP contribution in [0.5, 0.6) is 0 Å². The summed E-state index contributed by atoms with van der Waals surface area (Å²) in [5.74, 6) is 0.0571. The first-order valence-electron chi connectivity index (χ1n) is 6.52. The third-order valence-electron chi connectivity index (χ3n) is 3.18. The van der Waals surface area contributed by atoms with Crippen molar-refractivity contribution in [3.8, 4) is 0 Å². The molecule has 1 aromatic carbocycles. The highest BCUT2D eigenvalue weighted by Gasteiger charge is 2.21. The van der Waals surface area contributed by atoms with Crippen LogP contribution in [-0.4, -0.2) is 33.7 Å². The summed E-state index contributed by atoms with van der Waals surface area (Å²) < 4.78 is 35.3. The number of rotatable bonds is 4. The van der Waals surface area contributed by atoms with E-state index in [1.165, 1.54) is 0 Å². The Kier molecular flexibility index (Phi) is 4.60. The minimum atomic E-state index is -3.27. The molecule has 1 fully saturated rings. The molecule has 1 heterocycles. The first-order chi connectivity index (χ1) is 8.99. The summed E-state index contributed by atoms with van der Waals surface area (Å²) in [5.41, 5.74) is 1.86. The third kappa shape index (κ3) is 3.78. The SMILES string of the molecule is Cc1ccc(S(=O)(=O)CCC2OCCCO2)c(C)c1. The van der Waals surface area contributed by atoms with Crippen LogP contribution in [-0.2, 0) is 19.3 Å². The third-order valence-corrected chi connectivity index (χ3v) is 5.09. The Labute approximate surface area is 114 Å². The lowest BCUT2D eigenvalue weighted by molar-refractivity contribution is -0.178. The van der Waals surface area contributed by atoms with E-state index in [1.54, 1.807) is 6.07 Å². The Morgan fingerprint density at radius 1 is 1.21 bits per heavy atom. The van der Waals surface area contributed by atoms with Gasteiger partial charge in [-0.15, -0.1) is 0 Å². The fourth-order valence-electron chi connectivity index (χ4n) is 2.21. The Morgan fingerprint density at radius 3 is 2.53 bits per heavy atom. The lowest BCUT2D eigenvalue weighted by Gasteiger charge is -2.23. The highest BCUT2D eigenvalue weighted by molar-refractivity contribution is 7.91. The zero-order valence-electron chi connectivity index (χ0n) is 11.4. The summed E-state index contributed by atoms with van der Waals surface area (Å²) >= 11 is 0. The molecular formula is C14H20O4S. The van der Waals surface area contributed by atoms with E-state index in [1.807, 2.05) is 26.0 Å². The normalized spacial score (nSPS) is 17.6. The summed E-state index contributed by atoms with van der Waals surface area (Å²) in [6.07, 6.45) is 0.880. The maximum Gasteiger partial charge on any atom is 0.178 e. The second-order valence-corrected chi connectivity index (χ2v) is 6.98. The largest absolute Gasteiger partial charge is 0.353 e. The van der Waals surface area contributed by atoms with E-state index < -0.39 is 9.84 Å². The van der Waals surface area contributed by atoms with Crippen molar-refractivity contribution in [2.24, 2.45) is 0 Å². The van der Waals surface area contributed by atoms with E-state index in [2.05, 4.69) is 0 Å². The van der Waals surface area contributed by atoms with Gasteiger partial charge < -0.3 is 9.47 Å². The van der Waals surface area contributed by atoms with Crippen LogP contribution in [0.1, 0.15) is 24.0 Å². The van der Waals surface area contributed by atoms with Crippen LogP contribution in [0.15, 0.2) is 23.1 Å². The summed E-state index contributed by atoms with van der Waals surface area (Å²) in [6, 6.07) is 5.40. The van der Waals surface area contributed by atoms with E-state index in [4.69, 9.17) is 9.47 Å². The van der Waals surface area contributed by atoms with Gasteiger partial charge in [0.2, 0.25) is 0 Å². The van der Waals surface area contributed by atoms with Gasteiger partial charge in [-0.05, 0) is 31.9 Å². The molecule has 0 saturated carbocycles. The van der Waals surface area contributed by atoms with Crippen LogP contribution in [0, 0.1) is 13.8 Å². The molecule has 0 radical (unpaired) electrons. The molecule has 4 nitrogen and oxygen atoms in total. The summed E-state index contributed by atoms with van der Waals surface area (Å²) in [6.45, 7) is 5.07. The highest BCUT2D eigenvalue weighted by atomic mass is 32.2. The molecule has 0 amide bonds. The van der Waals surface area contributed by atoms with Crippen molar-refractivity contribution in [2.45, 2.75) is 37.9 Å². The molecule has 0 unspecified atom stereocenters. The number of aryl methyl sites for hydroxylation is 2. The molecule has 0 bridgehead atoms. The zero-order valence-corrected chi connectivity index (χ0v) is 12.2. The summed E-state index contributed by atoms with van der Waals surface area (Å²) in [4.78, 5) is 0.411. The predicted molar refractivity (Wildman–Crippen MR) is 72.9 cm³/mol. The van der Waals surface area contributed by atoms with E-state index >= 15 is 0 Å². The highest BCUT2D eigenvalue weighted by Crippen LogP contribution is 2.20. The van der Waals surface area contributed by atoms with Crippen LogP contribution in [0.3, 0.4) is 0 Å². The van der Waals surface area contributed by atoms with Crippen LogP contribution >= 0.6 is 0 Å². The van der Waals surface area contributed by atoms with Crippen molar-refractivity contribution in [1.82, 2.24) is 0 Å². The quantitative estimate of drug-likeness (QED) is 0.851. The van der Waals surface area contributed by atoms with Crippen molar-refractivity contribution < 1.29 is 17.9 Å². The topological polar surface area (TPSA) is 52.6 Å². The number of sulfone groups is 1. The minimum Gasteiger partial charge on any atom is -0.353 e. The fraction of sp³-hybridized carbons (Fsp3) is 0.571. The van der Waals surface area contributed by atoms with Gasteiger partial charge >= 0.3 is 0 Å². The average molecular weight is 284 g/mol. The number of ether oxygens (including phenoxy) is 2. The molecule has 106 valence electrons. The van der Waals surface area contributed by atoms with Gasteiger partial charge in [0.05, 0.1) is 23.9 Å². The second kappa shape index (κ2) is 6.03. The molecule has 2 rings (SSSR count). The molecule has 1 saturated heterocycles. The van der Waals surface area contributed by atoms with E-state index in [0.29, 0.717) is 24.5 Å². The number of benzene rings is 1. The van der Waals surface area contributed by atoms with Crippen molar-refractivity contribution in [3.05, 3.63) is 29.3 Å². The standard InChI is InChI=1S/C14H20O4S/c1-11-4-5-13(12(2)10-11)19(15,16)9-6-14-17-7-3-8-18-14/h4-5,10,14H,3,6-9H2,1-2H3. The molecule has 0 aromatic heterocycles. The molecule has 1 aliphatic rings. The van der Waals surface area contributed by atoms with Gasteiger partial charge in [0.25, 0.3) is 0 Å². The number of hydrogen-bond acceptors (Lipinski definition) is 4. The predicted octanol–water partition coefficient (Wildman–Crippen LogP) is 2.23. The Hall–Kier alpha value is -0.910. The second-order valence-electron chi connectivity index (χ2n) is 4.90. The van der Waals surface area contributed by atoms with Crippen LogP contribution in [0.4, 0.5) is 0 Å². The van der Waals surface area contributed by atoms with E-state index in [9.17, 15) is 8.42 Å². The monoisotopic (exact) mass is 284 g/mol. The van der Waals surface area contributed by atoms with Gasteiger partial charge in [0.1, 0.15) is 0 Å². The number of hydrogen-bond donors (Lipinski definition) is 0. The zero-order chi connectivity index (χ0) is 13.9. The van der Waals surface area contributed by atoms with Crippen LogP contribution in [0.25, 0.3) is 0 Å². The van der Waals surface area contributed by atoms with Gasteiger partial charge in [-0.1, -0.05) is 17.7 Å². The molecule has 1 aliphatic heterocycles. The first kappa shape index (κ1) is 14.5. The van der Waals surface area contributed by atoms with Gasteiger partial charge in [0.15, 0.2) is 16.1 Å². The summed E-state index contributed by atoms with van der Waals surface area (Å²) in [7, 11) is -3.27. The molecule has 0 aliphatic carbocycles. The Bertz CT molecular complexity index is 530. The Morgan fingerprint density at radius 2 is 1.89 bits per heavy atom. The average Bonchev–Trinajstić information content (AvgIpc) is 2.37. The molecular weight excluding hydrogens is 264 g/mol. The van der Waals surface area contributed by atoms with Crippen LogP contribution < -0.4 is 0 Å². The molecule has 0 N–H and O–H groups in total. The smallest absolute Gasteiger partial charge is 0.178 e. The first-order valence-corrected chi connectivity index (χ1v) is 8.17. The molecule has 0 spiro atoms. The van der Waals surface area contributed by atoms with Crippen LogP contribution in [0.2, 0.25) is 0 Å². The van der Waals surface area contributed by atoms with Gasteiger partial charge in [-0.25, -0.2) is 8.42 Å². The van der Waals surface area contributed by atoms with Gasteiger partial charge in [-0.3, -0.25) is 0 Å². The van der Waals surface area contributed by atoms with Crippen molar-refractivity contribution >= 4 is 9.84 Å². The van der Waals surface area contributed by atoms with Crippen molar-refractivity contribution in [3.63, 3.8) is 0 Å². The maximum absolute atomic E-state index is 12.3. The molecule has 0 atom stereocenters. The van der Waals surface area contributed by atoms with Crippen molar-refractivity contribution in [2.75, 3.05) is 19.0 Å². The lowest BCUT2D eigenvalue weighted by atomic mass is 10.2. The molecule has 19 heavy (non-hydrogen) atoms. The lowest BCUT2D eigenvalue weighted by Crippen LogP contribution is -2.27. The fourth-order valence-corrected chi connectivity index (χ4v) is 3.76. The molecule has 1 aromatic rings. The van der Waals surface area contributed by atoms with Gasteiger partial charge in [0, 0.05) is 6.42 Å². The summed E-state index contributed by atoms with van der Waals surface area (Å²) in [5, 5.41) is 0. The van der Waals surface area contributed by atoms with Crippen molar-refractivity contribution in [1.29, 1.82) is 0 Å². The van der Waals surface area contributed by atoms with Gasteiger partial charge in [-0.2, -0.15) is 0 Å². The minimum absolute atomic E-state index is 0.0571. The maximum atomic E-state index is 12.3. The van der Waals surface area contributed by atoms with E-state index in [0.717, 1.165) is 17.5 Å². The van der Waals surface area contributed by atoms with E-state index in [-0.39, 0.29) is 12.0 Å². The molecule has 5 heteroatoms.